The molecule has 1 aromatic carbocycles. The van der Waals surface area contributed by atoms with Crippen LogP contribution in [0.3, 0.4) is 0 Å². The molecule has 1 fully saturated rings. The van der Waals surface area contributed by atoms with E-state index < -0.39 is 0 Å². The topological polar surface area (TPSA) is 67.4 Å². The summed E-state index contributed by atoms with van der Waals surface area (Å²) < 4.78 is 13.5. The number of hydrogen-bond donors (Lipinski definition) is 1. The number of ether oxygens (including phenoxy) is 1. The van der Waals surface area contributed by atoms with Crippen LogP contribution in [0.25, 0.3) is 11.0 Å². The van der Waals surface area contributed by atoms with Crippen molar-refractivity contribution in [2.24, 2.45) is 0 Å². The van der Waals surface area contributed by atoms with Gasteiger partial charge in [-0.05, 0) is 18.2 Å². The molecule has 22 heavy (non-hydrogen) atoms. The number of nitrogens with one attached hydrogen (secondary N) is 1. The second-order valence-corrected chi connectivity index (χ2v) is 5.42. The number of amides is 1. The normalized spacial score (nSPS) is 15.3. The Bertz CT molecular complexity index is 713. The standard InChI is InChI=1S/C15H16N4O2S/c20-15(12-3-4-13-14(11-12)18-22-17-13)16-5-1-2-6-19-7-9-21-10-8-19/h3-4,11H,5-10H2,(H,16,20). The van der Waals surface area contributed by atoms with Gasteiger partial charge in [0.05, 0.1) is 38.0 Å². The van der Waals surface area contributed by atoms with Crippen LogP contribution in [0.15, 0.2) is 18.2 Å². The largest absolute Gasteiger partial charge is 0.379 e. The molecule has 1 N–H and O–H groups in total. The minimum Gasteiger partial charge on any atom is -0.379 e. The molecule has 2 heterocycles. The van der Waals surface area contributed by atoms with Crippen molar-refractivity contribution in [1.29, 1.82) is 0 Å². The summed E-state index contributed by atoms with van der Waals surface area (Å²) in [6, 6.07) is 5.30. The summed E-state index contributed by atoms with van der Waals surface area (Å²) >= 11 is 1.14. The van der Waals surface area contributed by atoms with E-state index in [9.17, 15) is 4.79 Å². The summed E-state index contributed by atoms with van der Waals surface area (Å²) in [5, 5.41) is 2.79. The van der Waals surface area contributed by atoms with E-state index in [2.05, 4.69) is 30.8 Å². The van der Waals surface area contributed by atoms with E-state index in [4.69, 9.17) is 4.74 Å². The first-order chi connectivity index (χ1) is 10.8. The zero-order valence-electron chi connectivity index (χ0n) is 12.0. The Labute approximate surface area is 132 Å². The molecule has 0 radical (unpaired) electrons. The van der Waals surface area contributed by atoms with E-state index in [1.807, 2.05) is 0 Å². The molecule has 1 aromatic heterocycles. The number of nitrogens with zero attached hydrogens (tertiary/aromatic N) is 3. The highest BCUT2D eigenvalue weighted by atomic mass is 32.1. The Hall–Kier alpha value is -2.01. The van der Waals surface area contributed by atoms with Crippen LogP contribution in [0.2, 0.25) is 0 Å². The van der Waals surface area contributed by atoms with Crippen LogP contribution < -0.4 is 5.32 Å². The Kier molecular flexibility index (Phi) is 4.96. The first kappa shape index (κ1) is 14.9. The number of rotatable bonds is 3. The number of morpholine rings is 1. The number of carbonyl (C=O) groups excluding carboxylic acids is 1. The molecular weight excluding hydrogens is 300 g/mol. The molecule has 0 bridgehead atoms. The van der Waals surface area contributed by atoms with Crippen molar-refractivity contribution in [2.75, 3.05) is 39.4 Å². The van der Waals surface area contributed by atoms with Gasteiger partial charge in [0.15, 0.2) is 0 Å². The molecule has 1 aliphatic heterocycles. The molecule has 3 rings (SSSR count). The molecule has 0 spiro atoms. The Morgan fingerprint density at radius 2 is 2.09 bits per heavy atom. The molecule has 7 heteroatoms. The third-order valence-electron chi connectivity index (χ3n) is 3.38. The number of aromatic nitrogens is 2. The summed E-state index contributed by atoms with van der Waals surface area (Å²) in [4.78, 5) is 14.3. The van der Waals surface area contributed by atoms with Crippen LogP contribution in [0.4, 0.5) is 0 Å². The first-order valence-corrected chi connectivity index (χ1v) is 7.82. The van der Waals surface area contributed by atoms with E-state index in [-0.39, 0.29) is 5.91 Å². The molecule has 0 atom stereocenters. The minimum atomic E-state index is -0.143. The molecular formula is C15H16N4O2S. The molecule has 0 aliphatic carbocycles. The van der Waals surface area contributed by atoms with Gasteiger partial charge < -0.3 is 10.1 Å². The molecule has 6 nitrogen and oxygen atoms in total. The molecule has 114 valence electrons. The monoisotopic (exact) mass is 316 g/mol. The first-order valence-electron chi connectivity index (χ1n) is 7.09. The molecule has 1 aliphatic rings. The number of benzene rings is 1. The van der Waals surface area contributed by atoms with Gasteiger partial charge in [0.1, 0.15) is 11.0 Å². The summed E-state index contributed by atoms with van der Waals surface area (Å²) in [7, 11) is 0. The average Bonchev–Trinajstić information content (AvgIpc) is 3.03. The van der Waals surface area contributed by atoms with Crippen molar-refractivity contribution in [2.45, 2.75) is 0 Å². The quantitative estimate of drug-likeness (QED) is 0.847. The van der Waals surface area contributed by atoms with Gasteiger partial charge >= 0.3 is 0 Å². The van der Waals surface area contributed by atoms with Gasteiger partial charge in [-0.25, -0.2) is 0 Å². The second kappa shape index (κ2) is 7.31. The zero-order chi connectivity index (χ0) is 15.2. The van der Waals surface area contributed by atoms with E-state index in [0.29, 0.717) is 12.1 Å². The third-order valence-corrected chi connectivity index (χ3v) is 3.94. The van der Waals surface area contributed by atoms with Gasteiger partial charge in [-0.2, -0.15) is 8.75 Å². The number of carbonyl (C=O) groups is 1. The lowest BCUT2D eigenvalue weighted by Gasteiger charge is -2.24. The van der Waals surface area contributed by atoms with Gasteiger partial charge in [0, 0.05) is 18.7 Å². The Balaban J connectivity index is 1.47. The van der Waals surface area contributed by atoms with Crippen LogP contribution in [0, 0.1) is 11.8 Å². The van der Waals surface area contributed by atoms with Crippen molar-refractivity contribution < 1.29 is 9.53 Å². The van der Waals surface area contributed by atoms with Crippen LogP contribution in [-0.2, 0) is 4.74 Å². The smallest absolute Gasteiger partial charge is 0.252 e. The second-order valence-electron chi connectivity index (χ2n) is 4.89. The lowest BCUT2D eigenvalue weighted by atomic mass is 10.2. The fourth-order valence-electron chi connectivity index (χ4n) is 2.14. The summed E-state index contributed by atoms with van der Waals surface area (Å²) in [5.41, 5.74) is 2.14. The van der Waals surface area contributed by atoms with Crippen molar-refractivity contribution >= 4 is 28.7 Å². The van der Waals surface area contributed by atoms with Gasteiger partial charge in [-0.1, -0.05) is 11.8 Å². The summed E-state index contributed by atoms with van der Waals surface area (Å²) in [5.74, 6) is 5.90. The van der Waals surface area contributed by atoms with Crippen molar-refractivity contribution in [1.82, 2.24) is 19.0 Å². The highest BCUT2D eigenvalue weighted by Crippen LogP contribution is 2.13. The third kappa shape index (κ3) is 3.80. The maximum absolute atomic E-state index is 12.0. The fraction of sp³-hybridized carbons (Fsp3) is 0.400. The Morgan fingerprint density at radius 3 is 2.95 bits per heavy atom. The van der Waals surface area contributed by atoms with E-state index >= 15 is 0 Å². The maximum Gasteiger partial charge on any atom is 0.252 e. The number of hydrogen-bond acceptors (Lipinski definition) is 6. The predicted octanol–water partition coefficient (Wildman–Crippen LogP) is 0.757. The van der Waals surface area contributed by atoms with Crippen LogP contribution >= 0.6 is 11.7 Å². The highest BCUT2D eigenvalue weighted by molar-refractivity contribution is 7.00. The van der Waals surface area contributed by atoms with Gasteiger partial charge in [-0.3, -0.25) is 9.69 Å². The molecule has 0 saturated carbocycles. The van der Waals surface area contributed by atoms with Gasteiger partial charge in [0.25, 0.3) is 5.91 Å². The maximum atomic E-state index is 12.0. The van der Waals surface area contributed by atoms with Crippen molar-refractivity contribution in [3.05, 3.63) is 23.8 Å². The molecule has 1 saturated heterocycles. The van der Waals surface area contributed by atoms with E-state index in [0.717, 1.165) is 55.6 Å². The lowest BCUT2D eigenvalue weighted by molar-refractivity contribution is 0.0443. The Morgan fingerprint density at radius 1 is 1.27 bits per heavy atom. The van der Waals surface area contributed by atoms with Gasteiger partial charge in [-0.15, -0.1) is 0 Å². The molecule has 1 amide bonds. The van der Waals surface area contributed by atoms with Crippen molar-refractivity contribution in [3.8, 4) is 11.8 Å². The summed E-state index contributed by atoms with van der Waals surface area (Å²) in [6.45, 7) is 4.44. The van der Waals surface area contributed by atoms with Crippen molar-refractivity contribution in [3.63, 3.8) is 0 Å². The van der Waals surface area contributed by atoms with Crippen LogP contribution in [0.1, 0.15) is 10.4 Å². The van der Waals surface area contributed by atoms with Gasteiger partial charge in [0.2, 0.25) is 0 Å². The SMILES string of the molecule is O=C(NCC#CCN1CCOCC1)c1ccc2nsnc2c1. The minimum absolute atomic E-state index is 0.143. The van der Waals surface area contributed by atoms with Crippen LogP contribution in [0.5, 0.6) is 0 Å². The number of fused-ring (bicyclic) bond motifs is 1. The highest BCUT2D eigenvalue weighted by Gasteiger charge is 2.08. The van der Waals surface area contributed by atoms with E-state index in [1.54, 1.807) is 18.2 Å². The molecule has 2 aromatic rings. The fourth-order valence-corrected chi connectivity index (χ4v) is 2.66. The predicted molar refractivity (Wildman–Crippen MR) is 84.8 cm³/mol. The van der Waals surface area contributed by atoms with E-state index in [1.165, 1.54) is 0 Å². The molecule has 0 unspecified atom stereocenters. The van der Waals surface area contributed by atoms with Crippen LogP contribution in [-0.4, -0.2) is 58.9 Å². The zero-order valence-corrected chi connectivity index (χ0v) is 12.9. The average molecular weight is 316 g/mol. The lowest BCUT2D eigenvalue weighted by Crippen LogP contribution is -2.36. The summed E-state index contributed by atoms with van der Waals surface area (Å²) in [6.07, 6.45) is 0.